The number of hydrogen-bond acceptors (Lipinski definition) is 3. The Hall–Kier alpha value is -0.580. The molecule has 1 heterocycles. The standard InChI is InChI=1S/C10H18ClN3O/c1-7-10(11)9(14(2)13-7)5-4-8(12)6-15-3/h8H,4-6,12H2,1-3H3. The summed E-state index contributed by atoms with van der Waals surface area (Å²) in [5.74, 6) is 0. The smallest absolute Gasteiger partial charge is 0.0846 e. The van der Waals surface area contributed by atoms with Gasteiger partial charge in [0.05, 0.1) is 23.0 Å². The average Bonchev–Trinajstić information content (AvgIpc) is 2.40. The molecule has 0 saturated carbocycles. The highest BCUT2D eigenvalue weighted by atomic mass is 35.5. The van der Waals surface area contributed by atoms with Crippen molar-refractivity contribution in [3.05, 3.63) is 16.4 Å². The van der Waals surface area contributed by atoms with Gasteiger partial charge in [-0.25, -0.2) is 0 Å². The van der Waals surface area contributed by atoms with Crippen LogP contribution in [-0.2, 0) is 18.2 Å². The lowest BCUT2D eigenvalue weighted by Gasteiger charge is -2.10. The molecule has 0 aromatic carbocycles. The maximum atomic E-state index is 6.12. The fourth-order valence-corrected chi connectivity index (χ4v) is 1.83. The van der Waals surface area contributed by atoms with Gasteiger partial charge in [-0.1, -0.05) is 11.6 Å². The van der Waals surface area contributed by atoms with E-state index in [1.165, 1.54) is 0 Å². The summed E-state index contributed by atoms with van der Waals surface area (Å²) in [4.78, 5) is 0. The zero-order valence-electron chi connectivity index (χ0n) is 9.46. The summed E-state index contributed by atoms with van der Waals surface area (Å²) >= 11 is 6.12. The Balaban J connectivity index is 2.57. The van der Waals surface area contributed by atoms with E-state index in [4.69, 9.17) is 22.1 Å². The minimum atomic E-state index is 0.0567. The lowest BCUT2D eigenvalue weighted by Crippen LogP contribution is -2.26. The van der Waals surface area contributed by atoms with Crippen molar-refractivity contribution in [2.24, 2.45) is 12.8 Å². The molecule has 0 saturated heterocycles. The van der Waals surface area contributed by atoms with Crippen LogP contribution in [0.25, 0.3) is 0 Å². The fourth-order valence-electron chi connectivity index (χ4n) is 1.57. The second-order valence-electron chi connectivity index (χ2n) is 3.72. The third-order valence-electron chi connectivity index (χ3n) is 2.39. The largest absolute Gasteiger partial charge is 0.383 e. The lowest BCUT2D eigenvalue weighted by molar-refractivity contribution is 0.177. The van der Waals surface area contributed by atoms with Gasteiger partial charge in [-0.3, -0.25) is 4.68 Å². The highest BCUT2D eigenvalue weighted by molar-refractivity contribution is 6.31. The van der Waals surface area contributed by atoms with Gasteiger partial charge in [0.15, 0.2) is 0 Å². The van der Waals surface area contributed by atoms with Gasteiger partial charge in [-0.05, 0) is 19.8 Å². The van der Waals surface area contributed by atoms with Crippen LogP contribution in [0.3, 0.4) is 0 Å². The lowest BCUT2D eigenvalue weighted by atomic mass is 10.1. The predicted octanol–water partition coefficient (Wildman–Crippen LogP) is 1.29. The van der Waals surface area contributed by atoms with Gasteiger partial charge in [0.2, 0.25) is 0 Å². The van der Waals surface area contributed by atoms with Crippen LogP contribution in [0.15, 0.2) is 0 Å². The van der Waals surface area contributed by atoms with E-state index in [9.17, 15) is 0 Å². The van der Waals surface area contributed by atoms with Crippen LogP contribution in [0, 0.1) is 6.92 Å². The van der Waals surface area contributed by atoms with Crippen LogP contribution < -0.4 is 5.73 Å². The maximum Gasteiger partial charge on any atom is 0.0846 e. The van der Waals surface area contributed by atoms with Crippen molar-refractivity contribution in [2.45, 2.75) is 25.8 Å². The maximum absolute atomic E-state index is 6.12. The molecule has 86 valence electrons. The summed E-state index contributed by atoms with van der Waals surface area (Å²) in [5.41, 5.74) is 7.75. The molecule has 0 bridgehead atoms. The van der Waals surface area contributed by atoms with Gasteiger partial charge in [-0.15, -0.1) is 0 Å². The molecule has 15 heavy (non-hydrogen) atoms. The predicted molar refractivity (Wildman–Crippen MR) is 61.1 cm³/mol. The zero-order chi connectivity index (χ0) is 11.4. The first-order chi connectivity index (χ1) is 7.06. The molecule has 4 nitrogen and oxygen atoms in total. The second-order valence-corrected chi connectivity index (χ2v) is 4.10. The van der Waals surface area contributed by atoms with E-state index in [0.29, 0.717) is 6.61 Å². The van der Waals surface area contributed by atoms with Gasteiger partial charge >= 0.3 is 0 Å². The van der Waals surface area contributed by atoms with Crippen LogP contribution in [0.5, 0.6) is 0 Å². The van der Waals surface area contributed by atoms with Gasteiger partial charge in [0.1, 0.15) is 0 Å². The van der Waals surface area contributed by atoms with E-state index < -0.39 is 0 Å². The molecule has 1 aromatic rings. The van der Waals surface area contributed by atoms with Crippen LogP contribution in [-0.4, -0.2) is 29.5 Å². The van der Waals surface area contributed by atoms with E-state index >= 15 is 0 Å². The molecule has 0 aliphatic rings. The third kappa shape index (κ3) is 3.19. The molecule has 5 heteroatoms. The molecule has 2 N–H and O–H groups in total. The summed E-state index contributed by atoms with van der Waals surface area (Å²) < 4.78 is 6.79. The molecule has 1 aromatic heterocycles. The van der Waals surface area contributed by atoms with Crippen LogP contribution in [0.2, 0.25) is 5.02 Å². The topological polar surface area (TPSA) is 53.1 Å². The van der Waals surface area contributed by atoms with Gasteiger partial charge in [-0.2, -0.15) is 5.10 Å². The number of aryl methyl sites for hydroxylation is 2. The number of aromatic nitrogens is 2. The van der Waals surface area contributed by atoms with Gasteiger partial charge in [0, 0.05) is 20.2 Å². The molecule has 0 spiro atoms. The number of methoxy groups -OCH3 is 1. The third-order valence-corrected chi connectivity index (χ3v) is 2.89. The Morgan fingerprint density at radius 2 is 2.27 bits per heavy atom. The fraction of sp³-hybridized carbons (Fsp3) is 0.700. The molecule has 0 amide bonds. The first-order valence-corrected chi connectivity index (χ1v) is 5.36. The Morgan fingerprint density at radius 1 is 1.60 bits per heavy atom. The van der Waals surface area contributed by atoms with Crippen molar-refractivity contribution in [1.82, 2.24) is 9.78 Å². The van der Waals surface area contributed by atoms with E-state index in [1.807, 2.05) is 18.7 Å². The Morgan fingerprint density at radius 3 is 2.73 bits per heavy atom. The van der Waals surface area contributed by atoms with Gasteiger partial charge < -0.3 is 10.5 Å². The van der Waals surface area contributed by atoms with Crippen molar-refractivity contribution in [3.63, 3.8) is 0 Å². The summed E-state index contributed by atoms with van der Waals surface area (Å²) in [6, 6.07) is 0.0567. The van der Waals surface area contributed by atoms with E-state index in [1.54, 1.807) is 7.11 Å². The normalized spacial score (nSPS) is 13.1. The summed E-state index contributed by atoms with van der Waals surface area (Å²) in [7, 11) is 3.55. The van der Waals surface area contributed by atoms with Crippen LogP contribution in [0.1, 0.15) is 17.8 Å². The van der Waals surface area contributed by atoms with Gasteiger partial charge in [0.25, 0.3) is 0 Å². The SMILES string of the molecule is COCC(N)CCc1c(Cl)c(C)nn1C. The van der Waals surface area contributed by atoms with Crippen LogP contribution >= 0.6 is 11.6 Å². The minimum absolute atomic E-state index is 0.0567. The molecule has 0 aliphatic heterocycles. The Labute approximate surface area is 95.3 Å². The quantitative estimate of drug-likeness (QED) is 0.831. The molecule has 1 rings (SSSR count). The number of rotatable bonds is 5. The van der Waals surface area contributed by atoms with Crippen molar-refractivity contribution in [3.8, 4) is 0 Å². The number of nitrogens with two attached hydrogens (primary N) is 1. The zero-order valence-corrected chi connectivity index (χ0v) is 10.2. The van der Waals surface area contributed by atoms with E-state index in [0.717, 1.165) is 29.3 Å². The highest BCUT2D eigenvalue weighted by Crippen LogP contribution is 2.20. The second kappa shape index (κ2) is 5.49. The molecule has 0 radical (unpaired) electrons. The van der Waals surface area contributed by atoms with Crippen molar-refractivity contribution < 1.29 is 4.74 Å². The monoisotopic (exact) mass is 231 g/mol. The Kier molecular flexibility index (Phi) is 4.57. The first-order valence-electron chi connectivity index (χ1n) is 4.98. The molecule has 0 fully saturated rings. The number of hydrogen-bond donors (Lipinski definition) is 1. The molecular weight excluding hydrogens is 214 g/mol. The minimum Gasteiger partial charge on any atom is -0.383 e. The molecule has 0 aliphatic carbocycles. The summed E-state index contributed by atoms with van der Waals surface area (Å²) in [6.45, 7) is 2.48. The molecule has 1 unspecified atom stereocenters. The van der Waals surface area contributed by atoms with Crippen molar-refractivity contribution in [2.75, 3.05) is 13.7 Å². The number of nitrogens with zero attached hydrogens (tertiary/aromatic N) is 2. The number of ether oxygens (including phenoxy) is 1. The van der Waals surface area contributed by atoms with Crippen molar-refractivity contribution in [1.29, 1.82) is 0 Å². The van der Waals surface area contributed by atoms with Crippen LogP contribution in [0.4, 0.5) is 0 Å². The van der Waals surface area contributed by atoms with Crippen molar-refractivity contribution >= 4 is 11.6 Å². The number of halogens is 1. The summed E-state index contributed by atoms with van der Waals surface area (Å²) in [5, 5.41) is 5.00. The highest BCUT2D eigenvalue weighted by Gasteiger charge is 2.12. The average molecular weight is 232 g/mol. The summed E-state index contributed by atoms with van der Waals surface area (Å²) in [6.07, 6.45) is 1.69. The van der Waals surface area contributed by atoms with E-state index in [-0.39, 0.29) is 6.04 Å². The molecule has 1 atom stereocenters. The van der Waals surface area contributed by atoms with E-state index in [2.05, 4.69) is 5.10 Å². The first kappa shape index (κ1) is 12.5. The molecular formula is C10H18ClN3O. The Bertz CT molecular complexity index is 325.